The van der Waals surface area contributed by atoms with Gasteiger partial charge in [-0.2, -0.15) is 0 Å². The van der Waals surface area contributed by atoms with E-state index in [1.54, 1.807) is 0 Å². The maximum Gasteiger partial charge on any atom is 0.166 e. The molecule has 2 aromatic rings. The molecule has 14 heavy (non-hydrogen) atoms. The molecule has 0 radical (unpaired) electrons. The number of nitrogens with one attached hydrogen (secondary N) is 1. The largest absolute Gasteiger partial charge is 0.352 e. The molecule has 0 amide bonds. The van der Waals surface area contributed by atoms with E-state index in [4.69, 9.17) is 0 Å². The van der Waals surface area contributed by atoms with Crippen molar-refractivity contribution in [2.24, 2.45) is 0 Å². The minimum Gasteiger partial charge on any atom is -0.352 e. The van der Waals surface area contributed by atoms with Gasteiger partial charge in [-0.05, 0) is 36.5 Å². The molecule has 0 bridgehead atoms. The number of fused-ring (bicyclic) bond motifs is 1. The van der Waals surface area contributed by atoms with Crippen molar-refractivity contribution in [3.8, 4) is 0 Å². The molecule has 1 fully saturated rings. The van der Waals surface area contributed by atoms with Gasteiger partial charge in [-0.3, -0.25) is 4.79 Å². The van der Waals surface area contributed by atoms with E-state index in [0.717, 1.165) is 17.7 Å². The van der Waals surface area contributed by atoms with Crippen LogP contribution in [-0.2, 0) is 0 Å². The number of benzene rings is 1. The van der Waals surface area contributed by atoms with Crippen LogP contribution in [0.3, 0.4) is 0 Å². The highest BCUT2D eigenvalue weighted by molar-refractivity contribution is 5.90. The third kappa shape index (κ3) is 1.07. The fourth-order valence-electron chi connectivity index (χ4n) is 2.01. The Morgan fingerprint density at radius 1 is 1.36 bits per heavy atom. The minimum atomic E-state index is 0.674. The van der Waals surface area contributed by atoms with Crippen molar-refractivity contribution < 1.29 is 4.79 Å². The lowest BCUT2D eigenvalue weighted by Crippen LogP contribution is -1.78. The van der Waals surface area contributed by atoms with Crippen LogP contribution in [0.2, 0.25) is 0 Å². The zero-order valence-corrected chi connectivity index (χ0v) is 7.79. The van der Waals surface area contributed by atoms with Gasteiger partial charge in [0.05, 0.1) is 5.69 Å². The number of hydrogen-bond acceptors (Lipinski definition) is 1. The first-order valence-corrected chi connectivity index (χ1v) is 4.95. The van der Waals surface area contributed by atoms with E-state index in [0.29, 0.717) is 5.69 Å². The zero-order chi connectivity index (χ0) is 9.54. The number of hydrogen-bond donors (Lipinski definition) is 1. The fourth-order valence-corrected chi connectivity index (χ4v) is 2.01. The molecule has 0 unspecified atom stereocenters. The van der Waals surface area contributed by atoms with Gasteiger partial charge in [0.15, 0.2) is 6.29 Å². The van der Waals surface area contributed by atoms with E-state index in [9.17, 15) is 4.79 Å². The SMILES string of the molecule is O=Cc1cc2c(C3CC3)cccc2[nH]1. The topological polar surface area (TPSA) is 32.9 Å². The molecule has 2 nitrogen and oxygen atoms in total. The second-order valence-corrected chi connectivity index (χ2v) is 3.93. The summed E-state index contributed by atoms with van der Waals surface area (Å²) < 4.78 is 0. The summed E-state index contributed by atoms with van der Waals surface area (Å²) in [7, 11) is 0. The van der Waals surface area contributed by atoms with Gasteiger partial charge in [0.2, 0.25) is 0 Å². The summed E-state index contributed by atoms with van der Waals surface area (Å²) in [6, 6.07) is 8.20. The van der Waals surface area contributed by atoms with Gasteiger partial charge < -0.3 is 4.98 Å². The van der Waals surface area contributed by atoms with Gasteiger partial charge in [0, 0.05) is 10.9 Å². The Morgan fingerprint density at radius 3 is 2.93 bits per heavy atom. The van der Waals surface area contributed by atoms with Crippen molar-refractivity contribution in [1.29, 1.82) is 0 Å². The molecule has 0 spiro atoms. The molecule has 1 N–H and O–H groups in total. The third-order valence-corrected chi connectivity index (χ3v) is 2.86. The fraction of sp³-hybridized carbons (Fsp3) is 0.250. The van der Waals surface area contributed by atoms with Crippen LogP contribution in [0.25, 0.3) is 10.9 Å². The number of aldehydes is 1. The van der Waals surface area contributed by atoms with Crippen LogP contribution >= 0.6 is 0 Å². The van der Waals surface area contributed by atoms with E-state index in [1.807, 2.05) is 12.1 Å². The molecule has 1 heterocycles. The van der Waals surface area contributed by atoms with Crippen molar-refractivity contribution in [3.05, 3.63) is 35.5 Å². The minimum absolute atomic E-state index is 0.674. The summed E-state index contributed by atoms with van der Waals surface area (Å²) in [5.41, 5.74) is 3.15. The van der Waals surface area contributed by atoms with Crippen molar-refractivity contribution in [2.45, 2.75) is 18.8 Å². The smallest absolute Gasteiger partial charge is 0.166 e. The second kappa shape index (κ2) is 2.71. The molecule has 1 aromatic heterocycles. The van der Waals surface area contributed by atoms with Gasteiger partial charge in [0.25, 0.3) is 0 Å². The maximum absolute atomic E-state index is 10.6. The van der Waals surface area contributed by atoms with Crippen LogP contribution in [0.5, 0.6) is 0 Å². The summed E-state index contributed by atoms with van der Waals surface area (Å²) in [4.78, 5) is 13.7. The average molecular weight is 185 g/mol. The molecule has 1 aliphatic carbocycles. The Balaban J connectivity index is 2.28. The summed E-state index contributed by atoms with van der Waals surface area (Å²) in [6.45, 7) is 0. The van der Waals surface area contributed by atoms with E-state index in [1.165, 1.54) is 23.8 Å². The summed E-state index contributed by atoms with van der Waals surface area (Å²) in [6.07, 6.45) is 3.46. The van der Waals surface area contributed by atoms with Gasteiger partial charge in [-0.25, -0.2) is 0 Å². The van der Waals surface area contributed by atoms with Crippen LogP contribution in [-0.4, -0.2) is 11.3 Å². The molecule has 0 atom stereocenters. The Bertz CT molecular complexity index is 494. The number of carbonyl (C=O) groups is 1. The lowest BCUT2D eigenvalue weighted by molar-refractivity contribution is 0.112. The molecule has 0 saturated heterocycles. The Hall–Kier alpha value is -1.57. The zero-order valence-electron chi connectivity index (χ0n) is 7.79. The number of rotatable bonds is 2. The van der Waals surface area contributed by atoms with E-state index in [-0.39, 0.29) is 0 Å². The van der Waals surface area contributed by atoms with Gasteiger partial charge >= 0.3 is 0 Å². The molecule has 1 aliphatic rings. The molecular weight excluding hydrogens is 174 g/mol. The molecule has 3 rings (SSSR count). The van der Waals surface area contributed by atoms with Crippen molar-refractivity contribution in [2.75, 3.05) is 0 Å². The molecule has 0 aliphatic heterocycles. The third-order valence-electron chi connectivity index (χ3n) is 2.86. The van der Waals surface area contributed by atoms with Crippen molar-refractivity contribution >= 4 is 17.2 Å². The van der Waals surface area contributed by atoms with E-state index < -0.39 is 0 Å². The van der Waals surface area contributed by atoms with Crippen LogP contribution < -0.4 is 0 Å². The lowest BCUT2D eigenvalue weighted by Gasteiger charge is -1.98. The van der Waals surface area contributed by atoms with Crippen molar-refractivity contribution in [1.82, 2.24) is 4.98 Å². The standard InChI is InChI=1S/C12H11NO/c14-7-9-6-11-10(8-4-5-8)2-1-3-12(11)13-9/h1-3,6-8,13H,4-5H2. The summed E-state index contributed by atoms with van der Waals surface area (Å²) in [5.74, 6) is 0.731. The van der Waals surface area contributed by atoms with E-state index in [2.05, 4.69) is 17.1 Å². The highest BCUT2D eigenvalue weighted by Crippen LogP contribution is 2.43. The summed E-state index contributed by atoms with van der Waals surface area (Å²) >= 11 is 0. The van der Waals surface area contributed by atoms with Gasteiger partial charge in [-0.15, -0.1) is 0 Å². The predicted molar refractivity (Wildman–Crippen MR) is 55.7 cm³/mol. The van der Waals surface area contributed by atoms with Crippen molar-refractivity contribution in [3.63, 3.8) is 0 Å². The maximum atomic E-state index is 10.6. The average Bonchev–Trinajstić information content (AvgIpc) is 2.96. The highest BCUT2D eigenvalue weighted by atomic mass is 16.1. The second-order valence-electron chi connectivity index (χ2n) is 3.93. The predicted octanol–water partition coefficient (Wildman–Crippen LogP) is 2.86. The molecule has 2 heteroatoms. The van der Waals surface area contributed by atoms with Crippen LogP contribution in [0, 0.1) is 0 Å². The lowest BCUT2D eigenvalue weighted by atomic mass is 10.1. The first kappa shape index (κ1) is 7.80. The monoisotopic (exact) mass is 185 g/mol. The Morgan fingerprint density at radius 2 is 2.21 bits per heavy atom. The van der Waals surface area contributed by atoms with Gasteiger partial charge in [-0.1, -0.05) is 12.1 Å². The normalized spacial score (nSPS) is 16.0. The first-order valence-electron chi connectivity index (χ1n) is 4.95. The number of H-pyrrole nitrogens is 1. The Kier molecular flexibility index (Phi) is 1.51. The molecule has 70 valence electrons. The van der Waals surface area contributed by atoms with E-state index >= 15 is 0 Å². The number of aromatic amines is 1. The first-order chi connectivity index (χ1) is 6.88. The van der Waals surface area contributed by atoms with Gasteiger partial charge in [0.1, 0.15) is 0 Å². The molecular formula is C12H11NO. The molecule has 1 aromatic carbocycles. The number of aromatic nitrogens is 1. The highest BCUT2D eigenvalue weighted by Gasteiger charge is 2.25. The quantitative estimate of drug-likeness (QED) is 0.717. The number of carbonyl (C=O) groups excluding carboxylic acids is 1. The summed E-state index contributed by atoms with van der Waals surface area (Å²) in [5, 5.41) is 1.22. The Labute approximate surface area is 81.9 Å². The molecule has 1 saturated carbocycles. The van der Waals surface area contributed by atoms with Crippen LogP contribution in [0.4, 0.5) is 0 Å². The van der Waals surface area contributed by atoms with Crippen LogP contribution in [0.1, 0.15) is 34.8 Å². The van der Waals surface area contributed by atoms with Crippen LogP contribution in [0.15, 0.2) is 24.3 Å².